The molecule has 0 amide bonds. The van der Waals surface area contributed by atoms with E-state index in [4.69, 9.17) is 11.6 Å². The average molecular weight is 667 g/mol. The van der Waals surface area contributed by atoms with Gasteiger partial charge in [0.2, 0.25) is 5.95 Å². The number of pyridine rings is 2. The van der Waals surface area contributed by atoms with Crippen LogP contribution in [0.15, 0.2) is 108 Å². The molecular weight excluding hydrogens is 637 g/mol. The van der Waals surface area contributed by atoms with E-state index in [1.54, 1.807) is 36.8 Å². The van der Waals surface area contributed by atoms with Gasteiger partial charge in [-0.2, -0.15) is 18.2 Å². The Balaban J connectivity index is 1.29. The zero-order valence-corrected chi connectivity index (χ0v) is 26.4. The second kappa shape index (κ2) is 13.2. The van der Waals surface area contributed by atoms with Crippen LogP contribution in [0, 0.1) is 5.92 Å². The predicted molar refractivity (Wildman–Crippen MR) is 182 cm³/mol. The Morgan fingerprint density at radius 1 is 0.938 bits per heavy atom. The molecule has 0 spiro atoms. The number of anilines is 2. The van der Waals surface area contributed by atoms with Crippen LogP contribution in [0.5, 0.6) is 0 Å². The summed E-state index contributed by atoms with van der Waals surface area (Å²) in [5.74, 6) is 0.824. The van der Waals surface area contributed by atoms with Crippen molar-refractivity contribution in [1.29, 1.82) is 0 Å². The summed E-state index contributed by atoms with van der Waals surface area (Å²) in [6.45, 7) is 1.69. The van der Waals surface area contributed by atoms with Gasteiger partial charge in [-0.15, -0.1) is 0 Å². The summed E-state index contributed by atoms with van der Waals surface area (Å²) in [5, 5.41) is 7.35. The Labute approximate surface area is 279 Å². The lowest BCUT2D eigenvalue weighted by molar-refractivity contribution is -0.138. The molecule has 1 unspecified atom stereocenters. The van der Waals surface area contributed by atoms with Crippen molar-refractivity contribution in [3.8, 4) is 22.3 Å². The molecule has 0 radical (unpaired) electrons. The molecule has 0 bridgehead atoms. The highest BCUT2D eigenvalue weighted by Gasteiger charge is 2.33. The first kappa shape index (κ1) is 31.5. The molecule has 3 aromatic carbocycles. The van der Waals surface area contributed by atoms with Gasteiger partial charge in [-0.05, 0) is 84.9 Å². The number of benzene rings is 3. The van der Waals surface area contributed by atoms with Crippen LogP contribution in [0.1, 0.15) is 23.1 Å². The summed E-state index contributed by atoms with van der Waals surface area (Å²) in [7, 11) is 0. The van der Waals surface area contributed by atoms with Crippen LogP contribution < -0.4 is 16.2 Å². The number of hydrogen-bond acceptors (Lipinski definition) is 6. The normalized spacial score (nSPS) is 14.8. The minimum atomic E-state index is -4.61. The van der Waals surface area contributed by atoms with Crippen LogP contribution in [0.25, 0.3) is 33.3 Å². The molecule has 0 aliphatic carbocycles. The van der Waals surface area contributed by atoms with Crippen molar-refractivity contribution in [2.24, 2.45) is 5.92 Å². The van der Waals surface area contributed by atoms with Crippen molar-refractivity contribution in [2.45, 2.75) is 25.6 Å². The van der Waals surface area contributed by atoms with Crippen molar-refractivity contribution >= 4 is 34.3 Å². The lowest BCUT2D eigenvalue weighted by Crippen LogP contribution is -2.25. The lowest BCUT2D eigenvalue weighted by Gasteiger charge is -2.17. The monoisotopic (exact) mass is 666 g/mol. The standard InChI is InChI=1S/C37H30ClF3N6O/c38-33-18-25(26-5-3-14-42-20-26)9-12-30(33)31-17-28-21-44-36(45-29-10-7-23(8-11-29)16-24-13-15-43-19-24)46-34(28)47(35(31)48)22-27-4-1-2-6-32(27)37(39,40)41/h1-12,14,17-18,20-21,24,43H,13,15-16,19,22H2,(H,44,45,46). The highest BCUT2D eigenvalue weighted by molar-refractivity contribution is 6.33. The molecule has 11 heteroatoms. The summed E-state index contributed by atoms with van der Waals surface area (Å²) in [5.41, 5.74) is 3.04. The zero-order valence-electron chi connectivity index (χ0n) is 25.6. The number of nitrogens with zero attached hydrogens (tertiary/aromatic N) is 4. The van der Waals surface area contributed by atoms with Gasteiger partial charge in [0.05, 0.1) is 12.1 Å². The van der Waals surface area contributed by atoms with Gasteiger partial charge in [-0.1, -0.05) is 60.1 Å². The molecule has 1 fully saturated rings. The van der Waals surface area contributed by atoms with Crippen molar-refractivity contribution in [1.82, 2.24) is 24.8 Å². The summed E-state index contributed by atoms with van der Waals surface area (Å²) in [6, 6.07) is 23.8. The highest BCUT2D eigenvalue weighted by atomic mass is 35.5. The molecule has 1 saturated heterocycles. The smallest absolute Gasteiger partial charge is 0.324 e. The third kappa shape index (κ3) is 6.67. The molecule has 4 heterocycles. The van der Waals surface area contributed by atoms with Crippen molar-refractivity contribution < 1.29 is 13.2 Å². The summed E-state index contributed by atoms with van der Waals surface area (Å²) >= 11 is 6.75. The Morgan fingerprint density at radius 3 is 2.50 bits per heavy atom. The maximum Gasteiger partial charge on any atom is 0.416 e. The van der Waals surface area contributed by atoms with E-state index in [1.807, 2.05) is 30.3 Å². The van der Waals surface area contributed by atoms with Crippen LogP contribution in [0.2, 0.25) is 5.02 Å². The van der Waals surface area contributed by atoms with E-state index in [0.717, 1.165) is 48.8 Å². The van der Waals surface area contributed by atoms with Gasteiger partial charge >= 0.3 is 6.18 Å². The van der Waals surface area contributed by atoms with Gasteiger partial charge in [-0.3, -0.25) is 14.3 Å². The molecule has 1 atom stereocenters. The van der Waals surface area contributed by atoms with Crippen molar-refractivity contribution in [3.63, 3.8) is 0 Å². The van der Waals surface area contributed by atoms with E-state index in [-0.39, 0.29) is 29.3 Å². The van der Waals surface area contributed by atoms with Crippen molar-refractivity contribution in [3.05, 3.63) is 136 Å². The van der Waals surface area contributed by atoms with Crippen LogP contribution in [-0.2, 0) is 19.1 Å². The van der Waals surface area contributed by atoms with E-state index in [0.29, 0.717) is 21.9 Å². The topological polar surface area (TPSA) is 84.7 Å². The summed E-state index contributed by atoms with van der Waals surface area (Å²) in [6.07, 6.45) is 2.47. The fourth-order valence-corrected chi connectivity index (χ4v) is 6.47. The molecule has 7 nitrogen and oxygen atoms in total. The summed E-state index contributed by atoms with van der Waals surface area (Å²) in [4.78, 5) is 27.5. The predicted octanol–water partition coefficient (Wildman–Crippen LogP) is 8.14. The fraction of sp³-hybridized carbons (Fsp3) is 0.189. The first-order chi connectivity index (χ1) is 23.2. The minimum absolute atomic E-state index is 0.0651. The molecule has 0 saturated carbocycles. The summed E-state index contributed by atoms with van der Waals surface area (Å²) < 4.78 is 43.4. The van der Waals surface area contributed by atoms with Gasteiger partial charge in [0.15, 0.2) is 0 Å². The highest BCUT2D eigenvalue weighted by Crippen LogP contribution is 2.34. The van der Waals surface area contributed by atoms with Crippen molar-refractivity contribution in [2.75, 3.05) is 18.4 Å². The Morgan fingerprint density at radius 2 is 1.77 bits per heavy atom. The molecule has 48 heavy (non-hydrogen) atoms. The van der Waals surface area contributed by atoms with Crippen LogP contribution in [-0.4, -0.2) is 32.6 Å². The number of nitrogens with one attached hydrogen (secondary N) is 2. The Kier molecular flexibility index (Phi) is 8.68. The molecule has 242 valence electrons. The van der Waals surface area contributed by atoms with E-state index in [1.165, 1.54) is 28.3 Å². The molecular formula is C37H30ClF3N6O. The molecule has 6 aromatic rings. The van der Waals surface area contributed by atoms with Gasteiger partial charge in [0.1, 0.15) is 5.65 Å². The lowest BCUT2D eigenvalue weighted by atomic mass is 9.99. The first-order valence-electron chi connectivity index (χ1n) is 15.6. The van der Waals surface area contributed by atoms with E-state index >= 15 is 0 Å². The quantitative estimate of drug-likeness (QED) is 0.171. The maximum absolute atomic E-state index is 14.2. The van der Waals surface area contributed by atoms with Gasteiger partial charge in [-0.25, -0.2) is 4.98 Å². The van der Waals surface area contributed by atoms with Gasteiger partial charge < -0.3 is 10.6 Å². The SMILES string of the molecule is O=c1c(-c2ccc(-c3cccnc3)cc2Cl)cc2cnc(Nc3ccc(CC4CCNC4)cc3)nc2n1Cc1ccccc1C(F)(F)F. The van der Waals surface area contributed by atoms with Gasteiger partial charge in [0, 0.05) is 51.4 Å². The maximum atomic E-state index is 14.2. The molecule has 2 N–H and O–H groups in total. The largest absolute Gasteiger partial charge is 0.416 e. The number of halogens is 4. The third-order valence-electron chi connectivity index (χ3n) is 8.63. The Bertz CT molecular complexity index is 2150. The van der Waals surface area contributed by atoms with Crippen LogP contribution in [0.3, 0.4) is 0 Å². The number of fused-ring (bicyclic) bond motifs is 1. The Hall–Kier alpha value is -5.06. The molecule has 1 aliphatic rings. The number of alkyl halides is 3. The number of aromatic nitrogens is 4. The fourth-order valence-electron chi connectivity index (χ4n) is 6.19. The van der Waals surface area contributed by atoms with Crippen LogP contribution in [0.4, 0.5) is 24.8 Å². The third-order valence-corrected chi connectivity index (χ3v) is 8.94. The number of rotatable bonds is 8. The molecule has 7 rings (SSSR count). The molecule has 3 aromatic heterocycles. The average Bonchev–Trinajstić information content (AvgIpc) is 3.60. The minimum Gasteiger partial charge on any atom is -0.324 e. The molecule has 1 aliphatic heterocycles. The second-order valence-corrected chi connectivity index (χ2v) is 12.3. The zero-order chi connectivity index (χ0) is 33.3. The van der Waals surface area contributed by atoms with E-state index in [2.05, 4.69) is 37.7 Å². The first-order valence-corrected chi connectivity index (χ1v) is 15.9. The van der Waals surface area contributed by atoms with E-state index < -0.39 is 17.3 Å². The number of hydrogen-bond donors (Lipinski definition) is 2. The van der Waals surface area contributed by atoms with Gasteiger partial charge in [0.25, 0.3) is 5.56 Å². The van der Waals surface area contributed by atoms with E-state index in [9.17, 15) is 18.0 Å². The second-order valence-electron chi connectivity index (χ2n) is 11.9. The van der Waals surface area contributed by atoms with Crippen LogP contribution >= 0.6 is 11.6 Å².